The molecule has 0 radical (unpaired) electrons. The molecule has 3 atom stereocenters. The van der Waals surface area contributed by atoms with Gasteiger partial charge in [-0.1, -0.05) is 19.8 Å². The van der Waals surface area contributed by atoms with Crippen LogP contribution in [0.1, 0.15) is 60.3 Å². The molecule has 3 unspecified atom stereocenters. The molecule has 140 valence electrons. The van der Waals surface area contributed by atoms with E-state index in [4.69, 9.17) is 26.1 Å². The molecule has 0 rings (SSSR count). The zero-order valence-electron chi connectivity index (χ0n) is 14.8. The quantitative estimate of drug-likeness (QED) is 0.186. The third kappa shape index (κ3) is 9.20. The van der Waals surface area contributed by atoms with Gasteiger partial charge in [-0.15, -0.1) is 0 Å². The van der Waals surface area contributed by atoms with E-state index in [0.29, 0.717) is 6.42 Å². The smallest absolute Gasteiger partial charge is 0.391 e. The van der Waals surface area contributed by atoms with Gasteiger partial charge in [-0.05, 0) is 45.7 Å². The number of carbonyl (C=O) groups excluding carboxylic acids is 2. The fraction of sp³-hybridized carbons (Fsp3) is 0.812. The van der Waals surface area contributed by atoms with Gasteiger partial charge in [0, 0.05) is 6.42 Å². The Hall–Kier alpha value is -1.18. The van der Waals surface area contributed by atoms with Gasteiger partial charge >= 0.3 is 17.2 Å². The molecule has 0 aliphatic heterocycles. The minimum atomic E-state index is -1.19. The number of ether oxygens (including phenoxy) is 1. The highest BCUT2D eigenvalue weighted by Crippen LogP contribution is 2.23. The summed E-state index contributed by atoms with van der Waals surface area (Å²) in [6.07, 6.45) is 1.17. The van der Waals surface area contributed by atoms with Crippen molar-refractivity contribution >= 4 is 28.8 Å². The van der Waals surface area contributed by atoms with Gasteiger partial charge in [-0.3, -0.25) is 9.59 Å². The van der Waals surface area contributed by atoms with Gasteiger partial charge < -0.3 is 9.84 Å². The molecule has 0 spiro atoms. The van der Waals surface area contributed by atoms with Crippen molar-refractivity contribution in [3.8, 4) is 0 Å². The van der Waals surface area contributed by atoms with Gasteiger partial charge in [0.2, 0.25) is 0 Å². The van der Waals surface area contributed by atoms with Crippen LogP contribution in [-0.2, 0) is 28.9 Å². The summed E-state index contributed by atoms with van der Waals surface area (Å²) in [5, 5.41) is 8.07. The number of aliphatic carboxylic acids is 1. The number of hydrogen-bond donors (Lipinski definition) is 1. The highest BCUT2D eigenvalue weighted by Gasteiger charge is 2.31. The Morgan fingerprint density at radius 3 is 2.25 bits per heavy atom. The summed E-state index contributed by atoms with van der Waals surface area (Å²) < 4.78 is 4.84. The minimum Gasteiger partial charge on any atom is -0.481 e. The molecule has 0 aliphatic carbocycles. The number of hydrogen-bond acceptors (Lipinski definition) is 6. The first-order chi connectivity index (χ1) is 11.0. The first kappa shape index (κ1) is 22.8. The molecular formula is C16H27ClO7. The van der Waals surface area contributed by atoms with Gasteiger partial charge in [-0.2, -0.15) is 0 Å². The van der Waals surface area contributed by atoms with E-state index >= 15 is 0 Å². The van der Waals surface area contributed by atoms with Crippen molar-refractivity contribution in [1.82, 2.24) is 0 Å². The molecule has 0 aromatic heterocycles. The molecule has 0 aromatic carbocycles. The average molecular weight is 367 g/mol. The number of unbranched alkanes of at least 4 members (excludes halogenated alkanes) is 1. The first-order valence-electron chi connectivity index (χ1n) is 7.98. The van der Waals surface area contributed by atoms with Crippen molar-refractivity contribution < 1.29 is 34.0 Å². The molecular weight excluding hydrogens is 340 g/mol. The highest BCUT2D eigenvalue weighted by atomic mass is 35.5. The molecule has 24 heavy (non-hydrogen) atoms. The van der Waals surface area contributed by atoms with Crippen molar-refractivity contribution in [2.24, 2.45) is 5.92 Å². The summed E-state index contributed by atoms with van der Waals surface area (Å²) in [5.74, 6) is -2.72. The second-order valence-electron chi connectivity index (χ2n) is 6.43. The maximum atomic E-state index is 11.3. The Kier molecular flexibility index (Phi) is 10.1. The van der Waals surface area contributed by atoms with E-state index in [2.05, 4.69) is 0 Å². The van der Waals surface area contributed by atoms with E-state index in [1.54, 1.807) is 27.7 Å². The summed E-state index contributed by atoms with van der Waals surface area (Å²) in [7, 11) is 0. The number of carbonyl (C=O) groups is 3. The number of carboxylic acid groups (broad SMARTS) is 1. The van der Waals surface area contributed by atoms with Gasteiger partial charge in [0.05, 0.1) is 5.92 Å². The molecule has 0 saturated carbocycles. The summed E-state index contributed by atoms with van der Waals surface area (Å²) in [4.78, 5) is 43.7. The number of rotatable bonds is 12. The zero-order valence-corrected chi connectivity index (χ0v) is 15.6. The average Bonchev–Trinajstić information content (AvgIpc) is 2.44. The molecule has 0 aromatic rings. The second-order valence-corrected chi connectivity index (χ2v) is 6.77. The van der Waals surface area contributed by atoms with Crippen molar-refractivity contribution in [1.29, 1.82) is 0 Å². The van der Waals surface area contributed by atoms with E-state index in [1.807, 2.05) is 6.92 Å². The molecule has 0 amide bonds. The van der Waals surface area contributed by atoms with Crippen LogP contribution in [0, 0.1) is 5.92 Å². The topological polar surface area (TPSA) is 99.1 Å². The third-order valence-corrected chi connectivity index (χ3v) is 3.58. The molecule has 0 saturated heterocycles. The van der Waals surface area contributed by atoms with E-state index < -0.39 is 40.9 Å². The lowest BCUT2D eigenvalue weighted by Gasteiger charge is -2.29. The Bertz CT molecular complexity index is 436. The molecule has 0 bridgehead atoms. The van der Waals surface area contributed by atoms with E-state index in [0.717, 1.165) is 12.8 Å². The van der Waals surface area contributed by atoms with Crippen LogP contribution in [0.3, 0.4) is 0 Å². The predicted octanol–water partition coefficient (Wildman–Crippen LogP) is 3.08. The molecule has 7 nitrogen and oxygen atoms in total. The van der Waals surface area contributed by atoms with Crippen LogP contribution in [0.2, 0.25) is 0 Å². The molecule has 1 N–H and O–H groups in total. The largest absolute Gasteiger partial charge is 0.481 e. The standard InChI is InChI=1S/C16H27ClO7/c1-6-7-8-12(14(19)20)11(3)23-24-16(4,5)9-10(2)22-15(21)13(17)18/h10-12H,6-9H2,1-5H3,(H,19,20). The maximum Gasteiger partial charge on any atom is 0.391 e. The Balaban J connectivity index is 4.50. The van der Waals surface area contributed by atoms with E-state index in [9.17, 15) is 19.5 Å². The first-order valence-corrected chi connectivity index (χ1v) is 8.35. The van der Waals surface area contributed by atoms with Gasteiger partial charge in [0.1, 0.15) is 17.8 Å². The van der Waals surface area contributed by atoms with Gasteiger partial charge in [-0.25, -0.2) is 14.6 Å². The van der Waals surface area contributed by atoms with Crippen molar-refractivity contribution in [3.05, 3.63) is 0 Å². The van der Waals surface area contributed by atoms with Crippen LogP contribution < -0.4 is 0 Å². The third-order valence-electron chi connectivity index (χ3n) is 3.43. The minimum absolute atomic E-state index is 0.238. The van der Waals surface area contributed by atoms with E-state index in [-0.39, 0.29) is 6.42 Å². The molecule has 8 heteroatoms. The number of carboxylic acids is 1. The van der Waals surface area contributed by atoms with Crippen LogP contribution in [-0.4, -0.2) is 40.1 Å². The van der Waals surface area contributed by atoms with Crippen molar-refractivity contribution in [2.45, 2.75) is 78.1 Å². The normalized spacial score (nSPS) is 15.4. The van der Waals surface area contributed by atoms with Crippen LogP contribution in [0.5, 0.6) is 0 Å². The molecule has 0 fully saturated rings. The van der Waals surface area contributed by atoms with Crippen LogP contribution >= 0.6 is 11.6 Å². The van der Waals surface area contributed by atoms with Crippen molar-refractivity contribution in [3.63, 3.8) is 0 Å². The molecule has 0 heterocycles. The van der Waals surface area contributed by atoms with Gasteiger partial charge in [0.25, 0.3) is 0 Å². The van der Waals surface area contributed by atoms with Crippen LogP contribution in [0.15, 0.2) is 0 Å². The lowest BCUT2D eigenvalue weighted by molar-refractivity contribution is -0.383. The Morgan fingerprint density at radius 2 is 1.79 bits per heavy atom. The fourth-order valence-corrected chi connectivity index (χ4v) is 2.30. The highest BCUT2D eigenvalue weighted by molar-refractivity contribution is 6.80. The Morgan fingerprint density at radius 1 is 1.21 bits per heavy atom. The van der Waals surface area contributed by atoms with E-state index in [1.165, 1.54) is 0 Å². The summed E-state index contributed by atoms with van der Waals surface area (Å²) in [6.45, 7) is 8.62. The maximum absolute atomic E-state index is 11.3. The second kappa shape index (κ2) is 10.6. The van der Waals surface area contributed by atoms with Crippen LogP contribution in [0.4, 0.5) is 0 Å². The van der Waals surface area contributed by atoms with Crippen molar-refractivity contribution in [2.75, 3.05) is 0 Å². The monoisotopic (exact) mass is 366 g/mol. The lowest BCUT2D eigenvalue weighted by Crippen LogP contribution is -2.36. The number of halogens is 1. The molecule has 0 aliphatic rings. The predicted molar refractivity (Wildman–Crippen MR) is 87.4 cm³/mol. The Labute approximate surface area is 147 Å². The summed E-state index contributed by atoms with van der Waals surface area (Å²) in [5.41, 5.74) is -0.850. The fourth-order valence-electron chi connectivity index (χ4n) is 2.25. The summed E-state index contributed by atoms with van der Waals surface area (Å²) >= 11 is 5.03. The number of esters is 1. The summed E-state index contributed by atoms with van der Waals surface area (Å²) in [6, 6.07) is 0. The van der Waals surface area contributed by atoms with Gasteiger partial charge in [0.15, 0.2) is 0 Å². The lowest BCUT2D eigenvalue weighted by atomic mass is 9.97. The van der Waals surface area contributed by atoms with Crippen LogP contribution in [0.25, 0.3) is 0 Å². The SMILES string of the molecule is CCCCC(C(=O)O)C(C)OOC(C)(C)CC(C)OC(=O)C(=O)Cl. The zero-order chi connectivity index (χ0) is 18.9.